The third kappa shape index (κ3) is 2.52. The van der Waals surface area contributed by atoms with E-state index in [1.807, 2.05) is 0 Å². The fourth-order valence-corrected chi connectivity index (χ4v) is 3.00. The molecule has 17 heavy (non-hydrogen) atoms. The fraction of sp³-hybridized carbons (Fsp3) is 0.500. The zero-order valence-corrected chi connectivity index (χ0v) is 11.1. The van der Waals surface area contributed by atoms with Crippen LogP contribution in [0.5, 0.6) is 5.75 Å². The van der Waals surface area contributed by atoms with Gasteiger partial charge in [-0.05, 0) is 12.1 Å². The predicted octanol–water partition coefficient (Wildman–Crippen LogP) is 2.98. The molecule has 1 heterocycles. The van der Waals surface area contributed by atoms with Crippen molar-refractivity contribution in [2.24, 2.45) is 5.92 Å². The van der Waals surface area contributed by atoms with Gasteiger partial charge in [0, 0.05) is 23.9 Å². The minimum Gasteiger partial charge on any atom is -0.627 e. The number of methoxy groups -OCH3 is 1. The number of alkyl halides is 2. The third-order valence-electron chi connectivity index (χ3n) is 3.25. The van der Waals surface area contributed by atoms with Crippen LogP contribution in [0.25, 0.3) is 0 Å². The molecule has 3 atom stereocenters. The summed E-state index contributed by atoms with van der Waals surface area (Å²) in [5.74, 6) is 1.26. The quantitative estimate of drug-likeness (QED) is 0.483. The van der Waals surface area contributed by atoms with E-state index in [4.69, 9.17) is 27.9 Å². The second-order valence-corrected chi connectivity index (χ2v) is 5.25. The largest absolute Gasteiger partial charge is 0.627 e. The molecule has 94 valence electrons. The Morgan fingerprint density at radius 1 is 1.35 bits per heavy atom. The van der Waals surface area contributed by atoms with E-state index >= 15 is 0 Å². The Morgan fingerprint density at radius 3 is 2.47 bits per heavy atom. The Balaban J connectivity index is 2.21. The Morgan fingerprint density at radius 2 is 2.00 bits per heavy atom. The summed E-state index contributed by atoms with van der Waals surface area (Å²) in [5.41, 5.74) is 0.712. The van der Waals surface area contributed by atoms with Crippen molar-refractivity contribution in [1.29, 1.82) is 0 Å². The van der Waals surface area contributed by atoms with Crippen molar-refractivity contribution in [3.8, 4) is 5.75 Å². The van der Waals surface area contributed by atoms with Gasteiger partial charge in [0.25, 0.3) is 0 Å². The van der Waals surface area contributed by atoms with Crippen molar-refractivity contribution in [1.82, 2.24) is 4.65 Å². The summed E-state index contributed by atoms with van der Waals surface area (Å²) in [7, 11) is 1.60. The minimum absolute atomic E-state index is 0.0814. The number of halogens is 2. The summed E-state index contributed by atoms with van der Waals surface area (Å²) in [6, 6.07) is 7.19. The first-order valence-electron chi connectivity index (χ1n) is 5.52. The highest BCUT2D eigenvalue weighted by Gasteiger charge is 2.40. The number of ether oxygens (including phenoxy) is 1. The normalized spacial score (nSPS) is 32.7. The summed E-state index contributed by atoms with van der Waals surface area (Å²) >= 11 is 12.0. The van der Waals surface area contributed by atoms with Gasteiger partial charge in [-0.15, -0.1) is 23.2 Å². The Labute approximate surface area is 111 Å². The molecule has 1 fully saturated rings. The Bertz CT molecular complexity index is 385. The van der Waals surface area contributed by atoms with Crippen LogP contribution < -0.4 is 9.38 Å². The molecular formula is C12H15Cl2NO2. The van der Waals surface area contributed by atoms with Gasteiger partial charge < -0.3 is 14.6 Å². The number of benzene rings is 1. The molecule has 0 radical (unpaired) electrons. The second-order valence-electron chi connectivity index (χ2n) is 4.38. The van der Waals surface area contributed by atoms with Crippen LogP contribution in [0.3, 0.4) is 0 Å². The van der Waals surface area contributed by atoms with E-state index in [-0.39, 0.29) is 11.3 Å². The van der Waals surface area contributed by atoms with Crippen LogP contribution in [0.2, 0.25) is 0 Å². The number of hydrogen-bond acceptors (Lipinski definition) is 2. The highest BCUT2D eigenvalue weighted by Crippen LogP contribution is 2.35. The molecule has 0 saturated carbocycles. The molecule has 1 aromatic rings. The summed E-state index contributed by atoms with van der Waals surface area (Å²) in [6.45, 7) is 0.829. The minimum atomic E-state index is -0.393. The van der Waals surface area contributed by atoms with Crippen molar-refractivity contribution in [3.63, 3.8) is 0 Å². The number of nitrogens with zero attached hydrogens (tertiary/aromatic N) is 1. The number of hydrogen-bond donors (Lipinski definition) is 0. The zero-order valence-electron chi connectivity index (χ0n) is 9.61. The molecule has 0 amide bonds. The van der Waals surface area contributed by atoms with Gasteiger partial charge in [-0.1, -0.05) is 0 Å². The number of rotatable bonds is 3. The SMILES string of the molecule is COc1ccc([N+]2([O-])CC(Cl)C(CCl)C2)cc1. The van der Waals surface area contributed by atoms with E-state index < -0.39 is 4.65 Å². The maximum atomic E-state index is 12.6. The van der Waals surface area contributed by atoms with Crippen molar-refractivity contribution < 1.29 is 4.74 Å². The van der Waals surface area contributed by atoms with Gasteiger partial charge in [-0.2, -0.15) is 0 Å². The molecule has 1 aliphatic heterocycles. The highest BCUT2D eigenvalue weighted by molar-refractivity contribution is 6.23. The zero-order chi connectivity index (χ0) is 12.5. The summed E-state index contributed by atoms with van der Waals surface area (Å²) in [6.07, 6.45) is 0. The van der Waals surface area contributed by atoms with Crippen LogP contribution in [0, 0.1) is 11.1 Å². The Hall–Kier alpha value is -0.480. The maximum absolute atomic E-state index is 12.6. The molecule has 0 N–H and O–H groups in total. The van der Waals surface area contributed by atoms with Crippen molar-refractivity contribution >= 4 is 28.9 Å². The van der Waals surface area contributed by atoms with Crippen LogP contribution in [0.15, 0.2) is 24.3 Å². The standard InChI is InChI=1S/C12H15Cl2NO2/c1-17-11-4-2-10(3-5-11)15(16)7-9(6-13)12(14)8-15/h2-5,9,12H,6-8H2,1H3. The molecule has 0 bridgehead atoms. The van der Waals surface area contributed by atoms with Crippen molar-refractivity contribution in [3.05, 3.63) is 29.5 Å². The smallest absolute Gasteiger partial charge is 0.133 e. The van der Waals surface area contributed by atoms with Crippen LogP contribution in [0.1, 0.15) is 0 Å². The van der Waals surface area contributed by atoms with Crippen LogP contribution in [0.4, 0.5) is 5.69 Å². The molecule has 2 rings (SSSR count). The van der Waals surface area contributed by atoms with E-state index in [0.29, 0.717) is 24.7 Å². The van der Waals surface area contributed by atoms with Crippen LogP contribution in [-0.4, -0.2) is 31.5 Å². The van der Waals surface area contributed by atoms with E-state index in [1.54, 1.807) is 31.4 Å². The van der Waals surface area contributed by atoms with E-state index in [0.717, 1.165) is 5.75 Å². The van der Waals surface area contributed by atoms with Gasteiger partial charge >= 0.3 is 0 Å². The fourth-order valence-electron chi connectivity index (χ4n) is 2.21. The molecule has 3 nitrogen and oxygen atoms in total. The van der Waals surface area contributed by atoms with Gasteiger partial charge in [0.05, 0.1) is 19.0 Å². The molecule has 0 aromatic heterocycles. The first kappa shape index (κ1) is 13.0. The maximum Gasteiger partial charge on any atom is 0.133 e. The lowest BCUT2D eigenvalue weighted by Crippen LogP contribution is -2.41. The van der Waals surface area contributed by atoms with Gasteiger partial charge in [0.15, 0.2) is 0 Å². The van der Waals surface area contributed by atoms with Gasteiger partial charge in [0.1, 0.15) is 18.0 Å². The van der Waals surface area contributed by atoms with Gasteiger partial charge in [-0.3, -0.25) is 0 Å². The summed E-state index contributed by atoms with van der Waals surface area (Å²) in [5, 5.41) is 12.5. The van der Waals surface area contributed by atoms with E-state index in [2.05, 4.69) is 0 Å². The topological polar surface area (TPSA) is 32.3 Å². The summed E-state index contributed by atoms with van der Waals surface area (Å²) in [4.78, 5) is 0. The first-order chi connectivity index (χ1) is 8.09. The lowest BCUT2D eigenvalue weighted by molar-refractivity contribution is 0.412. The first-order valence-corrected chi connectivity index (χ1v) is 6.49. The molecule has 3 unspecified atom stereocenters. The number of quaternary nitrogens is 1. The lowest BCUT2D eigenvalue weighted by atomic mass is 10.1. The Kier molecular flexibility index (Phi) is 3.83. The van der Waals surface area contributed by atoms with Gasteiger partial charge in [0.2, 0.25) is 0 Å². The predicted molar refractivity (Wildman–Crippen MR) is 71.7 cm³/mol. The monoisotopic (exact) mass is 275 g/mol. The molecule has 0 spiro atoms. The molecule has 1 aliphatic rings. The lowest BCUT2D eigenvalue weighted by Gasteiger charge is -2.38. The average molecular weight is 276 g/mol. The number of hydroxylamine groups is 2. The van der Waals surface area contributed by atoms with Crippen LogP contribution >= 0.6 is 23.2 Å². The van der Waals surface area contributed by atoms with Crippen molar-refractivity contribution in [2.45, 2.75) is 5.38 Å². The van der Waals surface area contributed by atoms with Gasteiger partial charge in [-0.25, -0.2) is 0 Å². The second kappa shape index (κ2) is 5.02. The molecular weight excluding hydrogens is 261 g/mol. The summed E-state index contributed by atoms with van der Waals surface area (Å²) < 4.78 is 4.68. The average Bonchev–Trinajstić information content (AvgIpc) is 2.65. The molecule has 1 aromatic carbocycles. The molecule has 1 saturated heterocycles. The van der Waals surface area contributed by atoms with Crippen LogP contribution in [-0.2, 0) is 0 Å². The van der Waals surface area contributed by atoms with Crippen molar-refractivity contribution in [2.75, 3.05) is 26.1 Å². The van der Waals surface area contributed by atoms with E-state index in [1.165, 1.54) is 0 Å². The highest BCUT2D eigenvalue weighted by atomic mass is 35.5. The molecule has 5 heteroatoms. The molecule has 0 aliphatic carbocycles. The third-order valence-corrected chi connectivity index (χ3v) is 4.14. The van der Waals surface area contributed by atoms with E-state index in [9.17, 15) is 5.21 Å².